The molecule has 3 aromatic carbocycles. The fraction of sp³-hybridized carbons (Fsp3) is 0.426. The number of hydrogen-bond donors (Lipinski definition) is 5. The van der Waals surface area contributed by atoms with Crippen LogP contribution < -0.4 is 45.6 Å². The van der Waals surface area contributed by atoms with Crippen molar-refractivity contribution in [1.29, 1.82) is 0 Å². The molecule has 0 radical (unpaired) electrons. The third-order valence-electron chi connectivity index (χ3n) is 18.8. The topological polar surface area (TPSA) is 327 Å². The highest BCUT2D eigenvalue weighted by atomic mass is 35.5. The standard InChI is InChI=1S/2C23H26ClN5O4S.C22H24ClN5O3S/c2*1-13(30)22(31)28-7-3-14(4-8-28)5-9-29-16-2-6-26-21(25)20(16)27-23(29)34-19-11-18-17(10-15(19)24)32-12-33-18;1-13(29)27-7-3-14(4-8-27)5-9-28-16-2-6-25-21(24)20(16)26-22(28)32-19-11-18-17(10-15(19)23)30-12-31-18/h2*2,6,10-11,13-14,30H,3-5,7-9,12H2,1H3,(H2,25,26);2,6,10-11,14H,3-5,7-9,12H2,1H3,(H2,24,25)/t2*13-;/m10./s1. The second kappa shape index (κ2) is 31.1. The molecule has 9 aromatic rings. The van der Waals surface area contributed by atoms with Crippen LogP contribution in [0.1, 0.15) is 78.6 Å². The quantitative estimate of drug-likeness (QED) is 0.0565. The number of ether oxygens (including phenoxy) is 6. The fourth-order valence-electron chi connectivity index (χ4n) is 13.1. The van der Waals surface area contributed by atoms with Gasteiger partial charge in [0.2, 0.25) is 26.3 Å². The number of aryl methyl sites for hydroxylation is 3. The van der Waals surface area contributed by atoms with Crippen LogP contribution in [-0.4, -0.2) is 158 Å². The van der Waals surface area contributed by atoms with Crippen LogP contribution in [0.25, 0.3) is 33.1 Å². The summed E-state index contributed by atoms with van der Waals surface area (Å²) in [6.07, 6.45) is 11.7. The Bertz CT molecular complexity index is 4330. The number of nitrogens with zero attached hydrogens (tertiary/aromatic N) is 12. The van der Waals surface area contributed by atoms with E-state index in [-0.39, 0.29) is 38.1 Å². The van der Waals surface area contributed by atoms with Gasteiger partial charge in [-0.05, 0) is 161 Å². The van der Waals surface area contributed by atoms with Crippen LogP contribution >= 0.6 is 70.1 Å². The lowest BCUT2D eigenvalue weighted by molar-refractivity contribution is -0.141. The number of benzene rings is 3. The van der Waals surface area contributed by atoms with E-state index in [1.165, 1.54) is 49.1 Å². The molecule has 12 heterocycles. The molecule has 6 aliphatic rings. The molecule has 0 saturated carbocycles. The number of aliphatic hydroxyl groups is 2. The van der Waals surface area contributed by atoms with E-state index in [1.54, 1.807) is 53.5 Å². The van der Waals surface area contributed by atoms with Crippen LogP contribution in [0.3, 0.4) is 0 Å². The molecule has 3 saturated heterocycles. The first-order valence-corrected chi connectivity index (χ1v) is 36.7. The maximum absolute atomic E-state index is 12.1. The molecule has 32 heteroatoms. The van der Waals surface area contributed by atoms with Crippen LogP contribution in [0.4, 0.5) is 17.5 Å². The summed E-state index contributed by atoms with van der Waals surface area (Å²) in [7, 11) is 0. The Morgan fingerprint density at radius 2 is 0.740 bits per heavy atom. The second-order valence-electron chi connectivity index (χ2n) is 25.2. The number of fused-ring (bicyclic) bond motifs is 6. The molecule has 8 N–H and O–H groups in total. The first-order chi connectivity index (χ1) is 48.3. The highest BCUT2D eigenvalue weighted by Gasteiger charge is 2.31. The van der Waals surface area contributed by atoms with Crippen molar-refractivity contribution in [3.05, 3.63) is 88.3 Å². The zero-order chi connectivity index (χ0) is 69.9. The highest BCUT2D eigenvalue weighted by Crippen LogP contribution is 2.47. The molecule has 0 bridgehead atoms. The predicted octanol–water partition coefficient (Wildman–Crippen LogP) is 11.3. The molecule has 0 unspecified atom stereocenters. The third-order valence-corrected chi connectivity index (χ3v) is 23.2. The summed E-state index contributed by atoms with van der Waals surface area (Å²) < 4.78 is 39.3. The lowest BCUT2D eigenvalue weighted by atomic mass is 9.93. The number of piperidine rings is 3. The number of likely N-dealkylation sites (tertiary alicyclic amines) is 3. The minimum absolute atomic E-state index is 0.159. The van der Waals surface area contributed by atoms with E-state index in [0.717, 1.165) is 137 Å². The van der Waals surface area contributed by atoms with Gasteiger partial charge in [-0.1, -0.05) is 34.8 Å². The molecule has 6 aromatic heterocycles. The number of halogens is 3. The maximum atomic E-state index is 12.1. The molecule has 100 heavy (non-hydrogen) atoms. The maximum Gasteiger partial charge on any atom is 0.251 e. The van der Waals surface area contributed by atoms with Gasteiger partial charge < -0.3 is 84.2 Å². The highest BCUT2D eigenvalue weighted by molar-refractivity contribution is 7.99. The Kier molecular flexibility index (Phi) is 21.9. The smallest absolute Gasteiger partial charge is 0.251 e. The van der Waals surface area contributed by atoms with Crippen molar-refractivity contribution in [1.82, 2.24) is 58.3 Å². The van der Waals surface area contributed by atoms with Gasteiger partial charge in [-0.15, -0.1) is 0 Å². The number of rotatable bonds is 17. The van der Waals surface area contributed by atoms with Crippen LogP contribution in [0.5, 0.6) is 34.5 Å². The second-order valence-corrected chi connectivity index (χ2v) is 29.5. The summed E-state index contributed by atoms with van der Waals surface area (Å²) in [5.41, 5.74) is 23.2. The average Bonchev–Trinajstić information content (AvgIpc) is 1.64. The number of anilines is 3. The number of pyridine rings is 3. The molecule has 0 aliphatic carbocycles. The third kappa shape index (κ3) is 15.7. The van der Waals surface area contributed by atoms with Gasteiger partial charge in [0.05, 0.1) is 31.6 Å². The molecule has 528 valence electrons. The normalized spacial score (nSPS) is 16.6. The number of nitrogen functional groups attached to an aromatic ring is 3. The van der Waals surface area contributed by atoms with Gasteiger partial charge in [0.25, 0.3) is 11.8 Å². The molecule has 15 rings (SSSR count). The van der Waals surface area contributed by atoms with E-state index in [4.69, 9.17) is 95.4 Å². The molecule has 2 atom stereocenters. The van der Waals surface area contributed by atoms with Crippen molar-refractivity contribution >= 4 is 138 Å². The van der Waals surface area contributed by atoms with E-state index in [2.05, 4.69) is 28.7 Å². The zero-order valence-corrected chi connectivity index (χ0v) is 59.9. The minimum Gasteiger partial charge on any atom is -0.454 e. The molecule has 3 fully saturated rings. The molecular weight excluding hydrogens is 1410 g/mol. The first-order valence-electron chi connectivity index (χ1n) is 33.1. The van der Waals surface area contributed by atoms with Crippen LogP contribution in [-0.2, 0) is 34.0 Å². The van der Waals surface area contributed by atoms with Gasteiger partial charge in [0.15, 0.2) is 67.4 Å². The van der Waals surface area contributed by atoms with Crippen LogP contribution in [0, 0.1) is 17.8 Å². The van der Waals surface area contributed by atoms with Crippen molar-refractivity contribution in [3.63, 3.8) is 0 Å². The summed E-state index contributed by atoms with van der Waals surface area (Å²) in [5.74, 6) is 6.40. The number of imidazole rings is 3. The molecule has 6 aliphatic heterocycles. The van der Waals surface area contributed by atoms with E-state index < -0.39 is 12.2 Å². The minimum atomic E-state index is -0.949. The summed E-state index contributed by atoms with van der Waals surface area (Å²) in [6, 6.07) is 16.7. The first kappa shape index (κ1) is 70.4. The van der Waals surface area contributed by atoms with Gasteiger partial charge >= 0.3 is 0 Å². The van der Waals surface area contributed by atoms with Gasteiger partial charge in [-0.2, -0.15) is 0 Å². The van der Waals surface area contributed by atoms with Crippen molar-refractivity contribution < 1.29 is 53.0 Å². The van der Waals surface area contributed by atoms with Crippen molar-refractivity contribution in [2.24, 2.45) is 17.8 Å². The van der Waals surface area contributed by atoms with Crippen LogP contribution in [0.2, 0.25) is 15.1 Å². The van der Waals surface area contributed by atoms with Gasteiger partial charge in [-0.25, -0.2) is 29.9 Å². The molecule has 0 spiro atoms. The largest absolute Gasteiger partial charge is 0.454 e. The predicted molar refractivity (Wildman–Crippen MR) is 382 cm³/mol. The Balaban J connectivity index is 0.000000134. The van der Waals surface area contributed by atoms with Crippen molar-refractivity contribution in [2.75, 3.05) is 76.8 Å². The molecule has 3 amide bonds. The number of carbonyl (C=O) groups is 3. The summed E-state index contributed by atoms with van der Waals surface area (Å²) in [4.78, 5) is 70.6. The average molecular weight is 1480 g/mol. The lowest BCUT2D eigenvalue weighted by Crippen LogP contribution is -2.43. The Labute approximate surface area is 603 Å². The number of amides is 3. The van der Waals surface area contributed by atoms with E-state index in [9.17, 15) is 24.6 Å². The Hall–Kier alpha value is -8.03. The SMILES string of the molecule is CC(=O)N1CCC(CCn2c(Sc3cc4c(cc3Cl)OCO4)nc3c(N)nccc32)CC1.C[C@@H](O)C(=O)N1CCC(CCn2c(Sc3cc4c(cc3Cl)OCO4)nc3c(N)nccc32)CC1.C[C@H](O)C(=O)N1CCC(CCn2c(Sc3cc4c(cc3Cl)OCO4)nc3c(N)nccc32)CC1. The van der Waals surface area contributed by atoms with E-state index >= 15 is 0 Å². The Morgan fingerprint density at radius 3 is 1.01 bits per heavy atom. The Morgan fingerprint density at radius 1 is 0.470 bits per heavy atom. The summed E-state index contributed by atoms with van der Waals surface area (Å²) in [6.45, 7) is 11.9. The monoisotopic (exact) mass is 1480 g/mol. The van der Waals surface area contributed by atoms with Gasteiger partial charge in [-0.3, -0.25) is 14.4 Å². The van der Waals surface area contributed by atoms with Gasteiger partial charge in [0, 0.05) is 117 Å². The number of nitrogens with two attached hydrogens (primary N) is 3. The number of hydrogen-bond acceptors (Lipinski definition) is 23. The van der Waals surface area contributed by atoms with Crippen LogP contribution in [0.15, 0.2) is 103 Å². The van der Waals surface area contributed by atoms with Crippen molar-refractivity contribution in [2.45, 2.75) is 141 Å². The van der Waals surface area contributed by atoms with Gasteiger partial charge in [0.1, 0.15) is 28.8 Å². The number of carbonyl (C=O) groups excluding carboxylic acids is 3. The number of aliphatic hydroxyl groups excluding tert-OH is 2. The zero-order valence-electron chi connectivity index (χ0n) is 55.2. The van der Waals surface area contributed by atoms with Crippen molar-refractivity contribution in [3.8, 4) is 34.5 Å². The molecular formula is C68H76Cl3N15O11S3. The summed E-state index contributed by atoms with van der Waals surface area (Å²) in [5, 5.41) is 23.2. The van der Waals surface area contributed by atoms with E-state index in [0.29, 0.717) is 128 Å². The fourth-order valence-corrected chi connectivity index (χ4v) is 16.8. The molecule has 26 nitrogen and oxygen atoms in total. The lowest BCUT2D eigenvalue weighted by Gasteiger charge is -2.32. The summed E-state index contributed by atoms with van der Waals surface area (Å²) >= 11 is 23.9. The van der Waals surface area contributed by atoms with E-state index in [1.807, 2.05) is 41.3 Å². The number of aromatic nitrogens is 9.